The average molecular weight is 869 g/mol. The molecule has 8 rings (SSSR count). The van der Waals surface area contributed by atoms with Gasteiger partial charge < -0.3 is 25.6 Å². The molecule has 63 heavy (non-hydrogen) atoms. The number of carbonyl (C=O) groups is 5. The molecule has 0 radical (unpaired) electrons. The number of fused-ring (bicyclic) bond motifs is 7. The van der Waals surface area contributed by atoms with E-state index >= 15 is 0 Å². The second-order valence-electron chi connectivity index (χ2n) is 25.0. The van der Waals surface area contributed by atoms with Crippen LogP contribution in [0.3, 0.4) is 0 Å². The molecule has 1 aromatic carbocycles. The van der Waals surface area contributed by atoms with Gasteiger partial charge in [0.15, 0.2) is 5.78 Å². The molecular formula is C53H76N2O8. The van der Waals surface area contributed by atoms with E-state index in [1.807, 2.05) is 44.2 Å². The summed E-state index contributed by atoms with van der Waals surface area (Å²) >= 11 is 0. The molecule has 346 valence electrons. The van der Waals surface area contributed by atoms with Gasteiger partial charge in [-0.2, -0.15) is 0 Å². The Bertz CT molecular complexity index is 2150. The summed E-state index contributed by atoms with van der Waals surface area (Å²) in [7, 11) is 0. The molecule has 0 saturated heterocycles. The van der Waals surface area contributed by atoms with E-state index in [-0.39, 0.29) is 69.9 Å². The summed E-state index contributed by atoms with van der Waals surface area (Å²) in [6.07, 6.45) is 8.08. The number of amides is 2. The topological polar surface area (TPSA) is 159 Å². The second-order valence-corrected chi connectivity index (χ2v) is 25.0. The summed E-state index contributed by atoms with van der Waals surface area (Å²) in [6.45, 7) is 25.6. The van der Waals surface area contributed by atoms with Gasteiger partial charge in [0.2, 0.25) is 5.91 Å². The fraction of sp³-hybridized carbons (Fsp3) is 0.755. The number of hydrogen-bond donors (Lipinski definition) is 4. The first-order valence-electron chi connectivity index (χ1n) is 24.2. The minimum absolute atomic E-state index is 0.00290. The van der Waals surface area contributed by atoms with Crippen molar-refractivity contribution in [1.82, 2.24) is 10.6 Å². The Kier molecular flexibility index (Phi) is 10.3. The number of ketones is 1. The number of aliphatic carboxylic acids is 2. The number of hydrogen-bond acceptors (Lipinski definition) is 6. The normalized spacial score (nSPS) is 40.6. The van der Waals surface area contributed by atoms with Crippen LogP contribution in [0.2, 0.25) is 0 Å². The van der Waals surface area contributed by atoms with Crippen molar-refractivity contribution in [3.05, 3.63) is 47.0 Å². The number of Topliss-reactive ketones (excluding diaryl/α,β-unsaturated/α-hetero) is 1. The molecule has 10 atom stereocenters. The third-order valence-electron chi connectivity index (χ3n) is 20.4. The van der Waals surface area contributed by atoms with Crippen molar-refractivity contribution < 1.29 is 38.9 Å². The molecule has 0 bridgehead atoms. The summed E-state index contributed by atoms with van der Waals surface area (Å²) in [5.41, 5.74) is -3.66. The fourth-order valence-corrected chi connectivity index (χ4v) is 16.9. The highest BCUT2D eigenvalue weighted by Gasteiger charge is 2.81. The number of ether oxygens (including phenoxy) is 1. The number of alkyl carbamates (subject to hydrolysis) is 1. The Morgan fingerprint density at radius 1 is 0.762 bits per heavy atom. The Labute approximate surface area is 375 Å². The van der Waals surface area contributed by atoms with Gasteiger partial charge in [0, 0.05) is 6.42 Å². The van der Waals surface area contributed by atoms with Crippen molar-refractivity contribution >= 4 is 29.7 Å². The SMILES string of the molecule is CC(C)C1=C2[C@H]3CC[C@@H]4[C@]5(C)CC[C@H]([C@@]6(C(=O)O)C[C@@](Cc7ccccc7)(C(=O)O)C6(C)C)C(C)(C)[C@H]5CC[C@@]4(C)[C@]3(C)CC[C@@]2(NC(=O)C2(NC(=O)OC(C)(C)C)CC2)CC1=O. The first-order valence-corrected chi connectivity index (χ1v) is 24.2. The second kappa shape index (κ2) is 14.2. The van der Waals surface area contributed by atoms with Crippen LogP contribution in [0.15, 0.2) is 41.5 Å². The third kappa shape index (κ3) is 6.16. The quantitative estimate of drug-likeness (QED) is 0.191. The zero-order valence-corrected chi connectivity index (χ0v) is 40.3. The first kappa shape index (κ1) is 45.9. The van der Waals surface area contributed by atoms with Crippen molar-refractivity contribution in [3.8, 4) is 0 Å². The summed E-state index contributed by atoms with van der Waals surface area (Å²) in [5.74, 6) is -1.35. The van der Waals surface area contributed by atoms with Gasteiger partial charge >= 0.3 is 18.0 Å². The highest BCUT2D eigenvalue weighted by molar-refractivity contribution is 6.03. The van der Waals surface area contributed by atoms with Crippen molar-refractivity contribution in [2.24, 2.45) is 67.5 Å². The maximum Gasteiger partial charge on any atom is 0.408 e. The monoisotopic (exact) mass is 869 g/mol. The van der Waals surface area contributed by atoms with Gasteiger partial charge in [0.1, 0.15) is 11.1 Å². The van der Waals surface area contributed by atoms with Gasteiger partial charge in [0.05, 0.1) is 16.4 Å². The van der Waals surface area contributed by atoms with Crippen LogP contribution in [0.4, 0.5) is 4.79 Å². The minimum Gasteiger partial charge on any atom is -0.481 e. The van der Waals surface area contributed by atoms with Crippen LogP contribution in [-0.2, 0) is 30.3 Å². The Hall–Kier alpha value is -3.69. The predicted octanol–water partition coefficient (Wildman–Crippen LogP) is 10.3. The Morgan fingerprint density at radius 3 is 1.95 bits per heavy atom. The molecule has 7 aliphatic rings. The molecule has 10 nitrogen and oxygen atoms in total. The Morgan fingerprint density at radius 2 is 1.40 bits per heavy atom. The smallest absolute Gasteiger partial charge is 0.408 e. The van der Waals surface area contributed by atoms with Crippen LogP contribution < -0.4 is 10.6 Å². The van der Waals surface area contributed by atoms with Gasteiger partial charge in [0.25, 0.3) is 0 Å². The van der Waals surface area contributed by atoms with Gasteiger partial charge in [-0.25, -0.2) is 4.79 Å². The predicted molar refractivity (Wildman–Crippen MR) is 241 cm³/mol. The van der Waals surface area contributed by atoms with Crippen molar-refractivity contribution in [1.29, 1.82) is 0 Å². The maximum atomic E-state index is 14.4. The van der Waals surface area contributed by atoms with Crippen LogP contribution in [0, 0.1) is 67.5 Å². The van der Waals surface area contributed by atoms with E-state index in [0.717, 1.165) is 61.7 Å². The van der Waals surface area contributed by atoms with Crippen LogP contribution >= 0.6 is 0 Å². The number of carbonyl (C=O) groups excluding carboxylic acids is 3. The highest BCUT2D eigenvalue weighted by Crippen LogP contribution is 2.81. The molecule has 2 amide bonds. The lowest BCUT2D eigenvalue weighted by Crippen LogP contribution is -2.75. The molecule has 0 aromatic heterocycles. The number of allylic oxidation sites excluding steroid dienone is 1. The van der Waals surface area contributed by atoms with E-state index in [0.29, 0.717) is 31.6 Å². The van der Waals surface area contributed by atoms with E-state index < -0.39 is 51.0 Å². The number of carboxylic acids is 2. The van der Waals surface area contributed by atoms with E-state index in [4.69, 9.17) is 4.74 Å². The molecule has 6 fully saturated rings. The molecule has 0 heterocycles. The first-order chi connectivity index (χ1) is 29.0. The summed E-state index contributed by atoms with van der Waals surface area (Å²) in [6, 6.07) is 9.67. The lowest BCUT2D eigenvalue weighted by Gasteiger charge is -2.75. The van der Waals surface area contributed by atoms with Gasteiger partial charge in [-0.1, -0.05) is 92.6 Å². The van der Waals surface area contributed by atoms with E-state index in [9.17, 15) is 34.2 Å². The van der Waals surface area contributed by atoms with Gasteiger partial charge in [-0.05, 0) is 171 Å². The maximum absolute atomic E-state index is 14.4. The van der Waals surface area contributed by atoms with Gasteiger partial charge in [-0.3, -0.25) is 19.2 Å². The average Bonchev–Trinajstić information content (AvgIpc) is 3.88. The summed E-state index contributed by atoms with van der Waals surface area (Å²) < 4.78 is 5.55. The largest absolute Gasteiger partial charge is 0.481 e. The summed E-state index contributed by atoms with van der Waals surface area (Å²) in [5, 5.41) is 28.7. The molecule has 4 N–H and O–H groups in total. The Balaban J connectivity index is 1.09. The molecule has 6 saturated carbocycles. The van der Waals surface area contributed by atoms with Crippen molar-refractivity contribution in [3.63, 3.8) is 0 Å². The van der Waals surface area contributed by atoms with E-state index in [2.05, 4.69) is 59.1 Å². The molecule has 0 aliphatic heterocycles. The zero-order chi connectivity index (χ0) is 46.4. The zero-order valence-electron chi connectivity index (χ0n) is 40.3. The molecule has 0 spiro atoms. The summed E-state index contributed by atoms with van der Waals surface area (Å²) in [4.78, 5) is 68.9. The standard InChI is InChI=1S/C53H76N2O8/c1-31(2)38-34(56)29-52(54-40(57)51(26-27-51)55-43(62)63-44(3,4)5)25-24-48(11)33(39(38)52)18-19-37-47(10)22-20-36(45(6,7)35(47)21-23-49(37,48)12)53(42(60)61)30-50(41(58)59,46(53,8)9)28-32-16-14-13-15-17-32/h13-17,31,33,35-37H,18-30H2,1-12H3,(H,54,57)(H,55,62)(H,58,59)(H,60,61)/t33-,35-,36+,37-,47-,48-,49-,50+,52-,53-/m1/s1. The lowest BCUT2D eigenvalue weighted by atomic mass is 9.27. The van der Waals surface area contributed by atoms with Crippen molar-refractivity contribution in [2.75, 3.05) is 0 Å². The third-order valence-corrected chi connectivity index (χ3v) is 20.4. The minimum atomic E-state index is -1.20. The number of nitrogens with one attached hydrogen (secondary N) is 2. The fourth-order valence-electron chi connectivity index (χ4n) is 16.9. The van der Waals surface area contributed by atoms with E-state index in [1.165, 1.54) is 0 Å². The van der Waals surface area contributed by atoms with Crippen LogP contribution in [0.5, 0.6) is 0 Å². The number of carboxylic acid groups (broad SMARTS) is 2. The highest BCUT2D eigenvalue weighted by atomic mass is 16.6. The lowest BCUT2D eigenvalue weighted by molar-refractivity contribution is -0.281. The van der Waals surface area contributed by atoms with Crippen LogP contribution in [-0.4, -0.2) is 56.6 Å². The molecular weight excluding hydrogens is 793 g/mol. The van der Waals surface area contributed by atoms with Crippen LogP contribution in [0.25, 0.3) is 0 Å². The van der Waals surface area contributed by atoms with Gasteiger partial charge in [-0.15, -0.1) is 0 Å². The number of benzene rings is 1. The van der Waals surface area contributed by atoms with Crippen molar-refractivity contribution in [2.45, 2.75) is 183 Å². The molecule has 1 aromatic rings. The van der Waals surface area contributed by atoms with Crippen LogP contribution in [0.1, 0.15) is 166 Å². The number of rotatable bonds is 9. The van der Waals surface area contributed by atoms with E-state index in [1.54, 1.807) is 20.8 Å². The molecule has 7 aliphatic carbocycles. The molecule has 0 unspecified atom stereocenters. The molecule has 10 heteroatoms.